The Morgan fingerprint density at radius 2 is 1.62 bits per heavy atom. The molecule has 16 heavy (non-hydrogen) atoms. The number of hydrogen-bond donors (Lipinski definition) is 1. The van der Waals surface area contributed by atoms with Crippen molar-refractivity contribution in [1.82, 2.24) is 0 Å². The van der Waals surface area contributed by atoms with Crippen LogP contribution in [0.2, 0.25) is 0 Å². The van der Waals surface area contributed by atoms with E-state index in [-0.39, 0.29) is 13.0 Å². The minimum Gasteiger partial charge on any atom is -0.330 e. The molecule has 90 valence electrons. The quantitative estimate of drug-likeness (QED) is 0.847. The molecule has 0 amide bonds. The molecule has 0 heterocycles. The van der Waals surface area contributed by atoms with Crippen LogP contribution in [0.4, 0.5) is 13.2 Å². The Labute approximate surface area is 93.5 Å². The first-order valence-electron chi connectivity index (χ1n) is 5.32. The van der Waals surface area contributed by atoms with Gasteiger partial charge in [-0.1, -0.05) is 31.2 Å². The zero-order valence-corrected chi connectivity index (χ0v) is 9.22. The van der Waals surface area contributed by atoms with Crippen molar-refractivity contribution in [3.63, 3.8) is 0 Å². The molecule has 0 bridgehead atoms. The maximum Gasteiger partial charge on any atom is 0.393 e. The summed E-state index contributed by atoms with van der Waals surface area (Å²) in [5, 5.41) is 0. The average molecular weight is 231 g/mol. The van der Waals surface area contributed by atoms with Crippen LogP contribution in [-0.4, -0.2) is 12.7 Å². The molecule has 0 spiro atoms. The van der Waals surface area contributed by atoms with Crippen LogP contribution in [0, 0.1) is 5.92 Å². The number of aryl methyl sites for hydroxylation is 1. The highest BCUT2D eigenvalue weighted by Crippen LogP contribution is 2.28. The van der Waals surface area contributed by atoms with Gasteiger partial charge < -0.3 is 5.73 Å². The van der Waals surface area contributed by atoms with Crippen LogP contribution < -0.4 is 5.73 Å². The third kappa shape index (κ3) is 3.52. The molecule has 0 aliphatic heterocycles. The van der Waals surface area contributed by atoms with Gasteiger partial charge in [0.05, 0.1) is 5.92 Å². The van der Waals surface area contributed by atoms with Gasteiger partial charge in [0.15, 0.2) is 0 Å². The number of hydrogen-bond acceptors (Lipinski definition) is 1. The fourth-order valence-electron chi connectivity index (χ4n) is 1.53. The first kappa shape index (κ1) is 13.0. The number of benzene rings is 1. The van der Waals surface area contributed by atoms with Crippen LogP contribution in [-0.2, 0) is 12.8 Å². The molecule has 1 rings (SSSR count). The Balaban J connectivity index is 2.71. The van der Waals surface area contributed by atoms with Gasteiger partial charge in [0.2, 0.25) is 0 Å². The lowest BCUT2D eigenvalue weighted by molar-refractivity contribution is -0.171. The summed E-state index contributed by atoms with van der Waals surface area (Å²) in [5.41, 5.74) is 6.95. The fraction of sp³-hybridized carbons (Fsp3) is 0.500. The largest absolute Gasteiger partial charge is 0.393 e. The van der Waals surface area contributed by atoms with E-state index >= 15 is 0 Å². The van der Waals surface area contributed by atoms with Gasteiger partial charge in [0.1, 0.15) is 0 Å². The molecule has 1 aromatic carbocycles. The standard InChI is InChI=1S/C12H16F3N/c1-2-9-3-5-10(6-4-9)7-11(8-16)12(13,14)15/h3-6,11H,2,7-8,16H2,1H3. The Morgan fingerprint density at radius 3 is 2.00 bits per heavy atom. The fourth-order valence-corrected chi connectivity index (χ4v) is 1.53. The minimum atomic E-state index is -4.21. The van der Waals surface area contributed by atoms with Crippen molar-refractivity contribution >= 4 is 0 Å². The zero-order valence-electron chi connectivity index (χ0n) is 9.22. The van der Waals surface area contributed by atoms with Gasteiger partial charge in [-0.25, -0.2) is 0 Å². The van der Waals surface area contributed by atoms with Crippen LogP contribution >= 0.6 is 0 Å². The van der Waals surface area contributed by atoms with Crippen molar-refractivity contribution in [1.29, 1.82) is 0 Å². The summed E-state index contributed by atoms with van der Waals surface area (Å²) in [6, 6.07) is 7.21. The average Bonchev–Trinajstić information content (AvgIpc) is 2.25. The van der Waals surface area contributed by atoms with Crippen molar-refractivity contribution < 1.29 is 13.2 Å². The lowest BCUT2D eigenvalue weighted by Crippen LogP contribution is -2.31. The highest BCUT2D eigenvalue weighted by molar-refractivity contribution is 5.23. The second-order valence-corrected chi connectivity index (χ2v) is 3.85. The van der Waals surface area contributed by atoms with E-state index in [9.17, 15) is 13.2 Å². The Hall–Kier alpha value is -1.03. The molecule has 0 radical (unpaired) electrons. The van der Waals surface area contributed by atoms with Gasteiger partial charge >= 0.3 is 6.18 Å². The second-order valence-electron chi connectivity index (χ2n) is 3.85. The summed E-state index contributed by atoms with van der Waals surface area (Å²) in [5.74, 6) is -1.44. The molecular weight excluding hydrogens is 215 g/mol. The van der Waals surface area contributed by atoms with E-state index in [0.29, 0.717) is 5.56 Å². The molecule has 2 N–H and O–H groups in total. The predicted molar refractivity (Wildman–Crippen MR) is 58.1 cm³/mol. The highest BCUT2D eigenvalue weighted by atomic mass is 19.4. The van der Waals surface area contributed by atoms with Gasteiger partial charge in [-0.3, -0.25) is 0 Å². The molecule has 1 nitrogen and oxygen atoms in total. The van der Waals surface area contributed by atoms with Crippen molar-refractivity contribution in [2.24, 2.45) is 11.7 Å². The highest BCUT2D eigenvalue weighted by Gasteiger charge is 2.38. The third-order valence-corrected chi connectivity index (χ3v) is 2.66. The molecule has 0 saturated carbocycles. The van der Waals surface area contributed by atoms with Crippen LogP contribution in [0.15, 0.2) is 24.3 Å². The summed E-state index contributed by atoms with van der Waals surface area (Å²) in [6.45, 7) is 1.65. The van der Waals surface area contributed by atoms with Crippen molar-refractivity contribution in [3.8, 4) is 0 Å². The molecule has 1 atom stereocenters. The van der Waals surface area contributed by atoms with E-state index in [1.165, 1.54) is 0 Å². The van der Waals surface area contributed by atoms with Crippen LogP contribution in [0.25, 0.3) is 0 Å². The molecule has 1 unspecified atom stereocenters. The predicted octanol–water partition coefficient (Wildman–Crippen LogP) is 2.93. The maximum atomic E-state index is 12.5. The van der Waals surface area contributed by atoms with Crippen molar-refractivity contribution in [2.45, 2.75) is 25.9 Å². The van der Waals surface area contributed by atoms with Gasteiger partial charge in [-0.15, -0.1) is 0 Å². The minimum absolute atomic E-state index is 0.0377. The first-order valence-corrected chi connectivity index (χ1v) is 5.32. The van der Waals surface area contributed by atoms with Crippen LogP contribution in [0.5, 0.6) is 0 Å². The van der Waals surface area contributed by atoms with E-state index < -0.39 is 12.1 Å². The van der Waals surface area contributed by atoms with Crippen molar-refractivity contribution in [2.75, 3.05) is 6.54 Å². The summed E-state index contributed by atoms with van der Waals surface area (Å²) < 4.78 is 37.4. The monoisotopic (exact) mass is 231 g/mol. The lowest BCUT2D eigenvalue weighted by Gasteiger charge is -2.18. The third-order valence-electron chi connectivity index (χ3n) is 2.66. The lowest BCUT2D eigenvalue weighted by atomic mass is 9.98. The molecule has 0 saturated heterocycles. The van der Waals surface area contributed by atoms with E-state index in [0.717, 1.165) is 12.0 Å². The van der Waals surface area contributed by atoms with Crippen molar-refractivity contribution in [3.05, 3.63) is 35.4 Å². The summed E-state index contributed by atoms with van der Waals surface area (Å²) in [7, 11) is 0. The van der Waals surface area contributed by atoms with E-state index in [1.807, 2.05) is 19.1 Å². The van der Waals surface area contributed by atoms with Gasteiger partial charge in [0.25, 0.3) is 0 Å². The van der Waals surface area contributed by atoms with Gasteiger partial charge in [-0.2, -0.15) is 13.2 Å². The van der Waals surface area contributed by atoms with Crippen LogP contribution in [0.3, 0.4) is 0 Å². The molecule has 0 aliphatic carbocycles. The van der Waals surface area contributed by atoms with E-state index in [1.54, 1.807) is 12.1 Å². The number of rotatable bonds is 4. The van der Waals surface area contributed by atoms with E-state index in [4.69, 9.17) is 5.73 Å². The summed E-state index contributed by atoms with van der Waals surface area (Å²) in [6.07, 6.45) is -3.36. The Kier molecular flexibility index (Phi) is 4.35. The number of nitrogens with two attached hydrogens (primary N) is 1. The maximum absolute atomic E-state index is 12.5. The van der Waals surface area contributed by atoms with E-state index in [2.05, 4.69) is 0 Å². The topological polar surface area (TPSA) is 26.0 Å². The molecule has 0 aliphatic rings. The van der Waals surface area contributed by atoms with Gasteiger partial charge in [0, 0.05) is 6.54 Å². The Morgan fingerprint density at radius 1 is 1.12 bits per heavy atom. The Bertz CT molecular complexity index is 316. The number of alkyl halides is 3. The SMILES string of the molecule is CCc1ccc(CC(CN)C(F)(F)F)cc1. The zero-order chi connectivity index (χ0) is 12.2. The normalized spacial score (nSPS) is 13.8. The second kappa shape index (κ2) is 5.34. The summed E-state index contributed by atoms with van der Waals surface area (Å²) in [4.78, 5) is 0. The van der Waals surface area contributed by atoms with Crippen LogP contribution in [0.1, 0.15) is 18.1 Å². The molecule has 0 aromatic heterocycles. The smallest absolute Gasteiger partial charge is 0.330 e. The summed E-state index contributed by atoms with van der Waals surface area (Å²) >= 11 is 0. The molecule has 4 heteroatoms. The van der Waals surface area contributed by atoms with Gasteiger partial charge in [-0.05, 0) is 24.0 Å². The molecular formula is C12H16F3N. The number of halogens is 3. The molecule has 1 aromatic rings. The molecule has 0 fully saturated rings. The first-order chi connectivity index (χ1) is 7.47.